The molecule has 1 heterocycles. The third-order valence-corrected chi connectivity index (χ3v) is 1.98. The van der Waals surface area contributed by atoms with E-state index in [4.69, 9.17) is 15.3 Å². The Balaban J connectivity index is 3.39. The summed E-state index contributed by atoms with van der Waals surface area (Å²) in [6, 6.07) is 0. The van der Waals surface area contributed by atoms with Crippen LogP contribution < -0.4 is 31.6 Å². The first-order valence-corrected chi connectivity index (χ1v) is 5.82. The molecule has 0 aliphatic rings. The van der Waals surface area contributed by atoms with Gasteiger partial charge in [-0.05, 0) is 0 Å². The minimum atomic E-state index is -1.27. The van der Waals surface area contributed by atoms with Gasteiger partial charge in [0, 0.05) is 0 Å². The molecule has 0 fully saturated rings. The maximum atomic E-state index is 11.8. The Morgan fingerprint density at radius 3 is 1.05 bits per heavy atom. The summed E-state index contributed by atoms with van der Waals surface area (Å²) in [5.41, 5.74) is -3.80. The summed E-state index contributed by atoms with van der Waals surface area (Å²) < 4.78 is 0.436. The number of hydrogen-bond donors (Lipinski definition) is 3. The Morgan fingerprint density at radius 1 is 0.619 bits per heavy atom. The zero-order valence-electron chi connectivity index (χ0n) is 10.9. The molecule has 120 valence electrons. The standard InChI is InChI=1S/C9H15N3O9/c13-1-4-19-10-7(16)11(20-5-2-14)9(18)12(8(10)17)21-6-3-15/h13-15H,1-6H2. The fourth-order valence-corrected chi connectivity index (χ4v) is 1.22. The molecule has 0 aliphatic heterocycles. The summed E-state index contributed by atoms with van der Waals surface area (Å²) in [6.45, 7) is -2.64. The fraction of sp³-hybridized carbons (Fsp3) is 0.667. The highest BCUT2D eigenvalue weighted by Crippen LogP contribution is 1.71. The monoisotopic (exact) mass is 309 g/mol. The number of aromatic nitrogens is 3. The molecule has 21 heavy (non-hydrogen) atoms. The second kappa shape index (κ2) is 8.08. The second-order valence-corrected chi connectivity index (χ2v) is 3.40. The Kier molecular flexibility index (Phi) is 6.45. The van der Waals surface area contributed by atoms with E-state index in [1.807, 2.05) is 0 Å². The van der Waals surface area contributed by atoms with E-state index in [0.717, 1.165) is 0 Å². The van der Waals surface area contributed by atoms with Gasteiger partial charge in [-0.3, -0.25) is 0 Å². The molecule has 1 rings (SSSR count). The van der Waals surface area contributed by atoms with E-state index in [2.05, 4.69) is 14.5 Å². The topological polar surface area (TPSA) is 154 Å². The lowest BCUT2D eigenvalue weighted by atomic mass is 10.8. The fourth-order valence-electron chi connectivity index (χ4n) is 1.22. The van der Waals surface area contributed by atoms with Gasteiger partial charge in [0.2, 0.25) is 0 Å². The van der Waals surface area contributed by atoms with Crippen molar-refractivity contribution < 1.29 is 29.8 Å². The predicted molar refractivity (Wildman–Crippen MR) is 64.8 cm³/mol. The van der Waals surface area contributed by atoms with Crippen molar-refractivity contribution in [2.45, 2.75) is 0 Å². The van der Waals surface area contributed by atoms with Crippen LogP contribution >= 0.6 is 0 Å². The first-order valence-electron chi connectivity index (χ1n) is 5.82. The lowest BCUT2D eigenvalue weighted by molar-refractivity contribution is -0.0262. The van der Waals surface area contributed by atoms with Gasteiger partial charge in [-0.1, -0.05) is 14.2 Å². The molecule has 0 spiro atoms. The molecule has 0 radical (unpaired) electrons. The third-order valence-electron chi connectivity index (χ3n) is 1.98. The van der Waals surface area contributed by atoms with Crippen molar-refractivity contribution in [1.82, 2.24) is 14.2 Å². The summed E-state index contributed by atoms with van der Waals surface area (Å²) in [5.74, 6) is 0. The molecule has 3 N–H and O–H groups in total. The van der Waals surface area contributed by atoms with Gasteiger partial charge in [-0.2, -0.15) is 0 Å². The van der Waals surface area contributed by atoms with Crippen LogP contribution in [0.25, 0.3) is 0 Å². The van der Waals surface area contributed by atoms with Gasteiger partial charge in [-0.25, -0.2) is 14.4 Å². The molecular weight excluding hydrogens is 294 g/mol. The SMILES string of the molecule is O=c1n(OCCO)c(=O)n(OCCO)c(=O)n1OCCO. The molecule has 0 unspecified atom stereocenters. The van der Waals surface area contributed by atoms with E-state index in [1.54, 1.807) is 0 Å². The van der Waals surface area contributed by atoms with Crippen LogP contribution in [0.15, 0.2) is 14.4 Å². The van der Waals surface area contributed by atoms with Crippen molar-refractivity contribution in [3.63, 3.8) is 0 Å². The average molecular weight is 309 g/mol. The van der Waals surface area contributed by atoms with Crippen molar-refractivity contribution in [3.05, 3.63) is 31.5 Å². The van der Waals surface area contributed by atoms with Crippen LogP contribution in [0.3, 0.4) is 0 Å². The number of aliphatic hydroxyl groups is 3. The second-order valence-electron chi connectivity index (χ2n) is 3.40. The Hall–Kier alpha value is -2.31. The summed E-state index contributed by atoms with van der Waals surface area (Å²) >= 11 is 0. The van der Waals surface area contributed by atoms with Crippen LogP contribution in [-0.4, -0.2) is 69.2 Å². The van der Waals surface area contributed by atoms with E-state index in [-0.39, 0.29) is 14.2 Å². The number of hydrogen-bond acceptors (Lipinski definition) is 9. The summed E-state index contributed by atoms with van der Waals surface area (Å²) in [6.07, 6.45) is 0. The minimum absolute atomic E-state index is 0.145. The molecule has 0 atom stereocenters. The van der Waals surface area contributed by atoms with E-state index >= 15 is 0 Å². The number of nitrogens with zero attached hydrogens (tertiary/aromatic N) is 3. The normalized spacial score (nSPS) is 10.4. The zero-order valence-corrected chi connectivity index (χ0v) is 10.9. The van der Waals surface area contributed by atoms with Crippen molar-refractivity contribution in [2.24, 2.45) is 0 Å². The number of aliphatic hydroxyl groups excluding tert-OH is 3. The maximum Gasteiger partial charge on any atom is 0.403 e. The van der Waals surface area contributed by atoms with Gasteiger partial charge in [-0.15, -0.1) is 0 Å². The molecule has 0 saturated carbocycles. The molecule has 0 saturated heterocycles. The molecule has 0 bridgehead atoms. The molecule has 0 amide bonds. The smallest absolute Gasteiger partial charge is 0.402 e. The van der Waals surface area contributed by atoms with Crippen LogP contribution in [0.2, 0.25) is 0 Å². The van der Waals surface area contributed by atoms with Crippen LogP contribution in [-0.2, 0) is 0 Å². The van der Waals surface area contributed by atoms with Crippen LogP contribution in [0.5, 0.6) is 0 Å². The van der Waals surface area contributed by atoms with E-state index in [1.165, 1.54) is 0 Å². The van der Waals surface area contributed by atoms with Gasteiger partial charge in [0.25, 0.3) is 0 Å². The number of rotatable bonds is 9. The quantitative estimate of drug-likeness (QED) is 0.405. The first kappa shape index (κ1) is 16.7. The third kappa shape index (κ3) is 3.84. The average Bonchev–Trinajstić information content (AvgIpc) is 2.47. The Labute approximate surface area is 116 Å². The van der Waals surface area contributed by atoms with Gasteiger partial charge in [0.05, 0.1) is 19.8 Å². The minimum Gasteiger partial charge on any atom is -0.402 e. The van der Waals surface area contributed by atoms with Crippen molar-refractivity contribution >= 4 is 0 Å². The molecule has 1 aromatic rings. The largest absolute Gasteiger partial charge is 0.403 e. The van der Waals surface area contributed by atoms with Gasteiger partial charge in [0.1, 0.15) is 19.8 Å². The van der Waals surface area contributed by atoms with Crippen LogP contribution in [0, 0.1) is 0 Å². The molecule has 0 aromatic carbocycles. The van der Waals surface area contributed by atoms with Crippen LogP contribution in [0.1, 0.15) is 0 Å². The van der Waals surface area contributed by atoms with E-state index < -0.39 is 56.7 Å². The van der Waals surface area contributed by atoms with Crippen molar-refractivity contribution in [1.29, 1.82) is 0 Å². The zero-order chi connectivity index (χ0) is 15.8. The molecule has 1 aromatic heterocycles. The highest BCUT2D eigenvalue weighted by molar-refractivity contribution is 4.71. The van der Waals surface area contributed by atoms with E-state index in [0.29, 0.717) is 0 Å². The Bertz CT molecular complexity index is 500. The molecule has 0 aliphatic carbocycles. The van der Waals surface area contributed by atoms with Crippen molar-refractivity contribution in [3.8, 4) is 0 Å². The van der Waals surface area contributed by atoms with Gasteiger partial charge < -0.3 is 29.8 Å². The van der Waals surface area contributed by atoms with Crippen molar-refractivity contribution in [2.75, 3.05) is 39.6 Å². The highest BCUT2D eigenvalue weighted by atomic mass is 16.7. The molecule has 12 heteroatoms. The van der Waals surface area contributed by atoms with Gasteiger partial charge >= 0.3 is 17.1 Å². The summed E-state index contributed by atoms with van der Waals surface area (Å²) in [5, 5.41) is 25.9. The van der Waals surface area contributed by atoms with Gasteiger partial charge in [0.15, 0.2) is 0 Å². The maximum absolute atomic E-state index is 11.8. The summed E-state index contributed by atoms with van der Waals surface area (Å²) in [7, 11) is 0. The highest BCUT2D eigenvalue weighted by Gasteiger charge is 2.18. The first-order chi connectivity index (χ1) is 10.1. The lowest BCUT2D eigenvalue weighted by Gasteiger charge is -2.13. The predicted octanol–water partition coefficient (Wildman–Crippen LogP) is -5.57. The lowest BCUT2D eigenvalue weighted by Crippen LogP contribution is -2.60. The summed E-state index contributed by atoms with van der Waals surface area (Å²) in [4.78, 5) is 49.6. The van der Waals surface area contributed by atoms with Crippen LogP contribution in [0.4, 0.5) is 0 Å². The Morgan fingerprint density at radius 2 is 0.857 bits per heavy atom. The molecule has 12 nitrogen and oxygen atoms in total. The molecular formula is C9H15N3O9. The van der Waals surface area contributed by atoms with E-state index in [9.17, 15) is 14.4 Å².